The standard InChI is InChI=1S/C14H24O5/c1-5-9-14(10-8-11(4)15,12(16)18-6-2)13(17)19-7-3/h5-10H2,1-4H3. The fraction of sp³-hybridized carbons (Fsp3) is 0.786. The van der Waals surface area contributed by atoms with E-state index in [1.54, 1.807) is 13.8 Å². The Morgan fingerprint density at radius 3 is 1.68 bits per heavy atom. The van der Waals surface area contributed by atoms with Crippen LogP contribution >= 0.6 is 0 Å². The van der Waals surface area contributed by atoms with Crippen LogP contribution in [0.1, 0.15) is 53.4 Å². The van der Waals surface area contributed by atoms with E-state index in [0.29, 0.717) is 12.8 Å². The number of rotatable bonds is 9. The summed E-state index contributed by atoms with van der Waals surface area (Å²) in [6.07, 6.45) is 1.28. The summed E-state index contributed by atoms with van der Waals surface area (Å²) in [7, 11) is 0. The van der Waals surface area contributed by atoms with Crippen LogP contribution in [-0.2, 0) is 23.9 Å². The van der Waals surface area contributed by atoms with E-state index in [4.69, 9.17) is 9.47 Å². The molecule has 0 aliphatic rings. The lowest BCUT2D eigenvalue weighted by molar-refractivity contribution is -0.173. The third kappa shape index (κ3) is 5.01. The Hall–Kier alpha value is -1.39. The van der Waals surface area contributed by atoms with Gasteiger partial charge in [-0.15, -0.1) is 0 Å². The summed E-state index contributed by atoms with van der Waals surface area (Å²) < 4.78 is 10.0. The molecule has 0 saturated heterocycles. The average Bonchev–Trinajstić information content (AvgIpc) is 2.34. The highest BCUT2D eigenvalue weighted by molar-refractivity contribution is 6.00. The second-order valence-electron chi connectivity index (χ2n) is 4.48. The second kappa shape index (κ2) is 8.67. The van der Waals surface area contributed by atoms with Crippen molar-refractivity contribution in [2.24, 2.45) is 5.41 Å². The van der Waals surface area contributed by atoms with Crippen LogP contribution in [0.5, 0.6) is 0 Å². The van der Waals surface area contributed by atoms with E-state index in [1.165, 1.54) is 6.92 Å². The van der Waals surface area contributed by atoms with Crippen LogP contribution in [0.4, 0.5) is 0 Å². The van der Waals surface area contributed by atoms with Crippen LogP contribution in [0.25, 0.3) is 0 Å². The molecule has 0 radical (unpaired) electrons. The molecule has 0 aromatic rings. The fourth-order valence-electron chi connectivity index (χ4n) is 1.97. The predicted molar refractivity (Wildman–Crippen MR) is 70.5 cm³/mol. The molecular formula is C14H24O5. The molecule has 0 heterocycles. The number of hydrogen-bond acceptors (Lipinski definition) is 5. The summed E-state index contributed by atoms with van der Waals surface area (Å²) in [4.78, 5) is 35.5. The summed E-state index contributed by atoms with van der Waals surface area (Å²) >= 11 is 0. The van der Waals surface area contributed by atoms with E-state index in [0.717, 1.165) is 0 Å². The van der Waals surface area contributed by atoms with Crippen molar-refractivity contribution in [3.8, 4) is 0 Å². The molecule has 0 spiro atoms. The van der Waals surface area contributed by atoms with Gasteiger partial charge in [0.05, 0.1) is 13.2 Å². The molecular weight excluding hydrogens is 248 g/mol. The van der Waals surface area contributed by atoms with Gasteiger partial charge in [0.1, 0.15) is 5.78 Å². The van der Waals surface area contributed by atoms with Crippen LogP contribution in [0.3, 0.4) is 0 Å². The van der Waals surface area contributed by atoms with Gasteiger partial charge in [-0.3, -0.25) is 9.59 Å². The molecule has 0 atom stereocenters. The Balaban J connectivity index is 5.25. The van der Waals surface area contributed by atoms with Gasteiger partial charge in [0.2, 0.25) is 0 Å². The van der Waals surface area contributed by atoms with Gasteiger partial charge in [-0.05, 0) is 33.6 Å². The number of carbonyl (C=O) groups excluding carboxylic acids is 3. The first-order valence-electron chi connectivity index (χ1n) is 6.78. The number of ketones is 1. The quantitative estimate of drug-likeness (QED) is 0.475. The Morgan fingerprint density at radius 2 is 1.37 bits per heavy atom. The minimum Gasteiger partial charge on any atom is -0.465 e. The van der Waals surface area contributed by atoms with Crippen molar-refractivity contribution in [1.82, 2.24) is 0 Å². The zero-order chi connectivity index (χ0) is 14.9. The first-order chi connectivity index (χ1) is 8.94. The van der Waals surface area contributed by atoms with E-state index < -0.39 is 17.4 Å². The summed E-state index contributed by atoms with van der Waals surface area (Å²) in [5.41, 5.74) is -1.34. The van der Waals surface area contributed by atoms with Gasteiger partial charge in [0.25, 0.3) is 0 Å². The molecule has 19 heavy (non-hydrogen) atoms. The topological polar surface area (TPSA) is 69.7 Å². The Kier molecular flexibility index (Phi) is 8.03. The van der Waals surface area contributed by atoms with Gasteiger partial charge in [0.15, 0.2) is 5.41 Å². The van der Waals surface area contributed by atoms with Crippen molar-refractivity contribution in [3.05, 3.63) is 0 Å². The Morgan fingerprint density at radius 1 is 0.895 bits per heavy atom. The molecule has 5 nitrogen and oxygen atoms in total. The highest BCUT2D eigenvalue weighted by Gasteiger charge is 2.47. The normalized spacial score (nSPS) is 10.9. The van der Waals surface area contributed by atoms with E-state index in [1.807, 2.05) is 6.92 Å². The summed E-state index contributed by atoms with van der Waals surface area (Å²) in [5.74, 6) is -1.23. The predicted octanol–water partition coefficient (Wildman–Crippen LogP) is 2.27. The lowest BCUT2D eigenvalue weighted by Crippen LogP contribution is -2.42. The summed E-state index contributed by atoms with van der Waals surface area (Å²) in [6, 6.07) is 0. The average molecular weight is 272 g/mol. The maximum Gasteiger partial charge on any atom is 0.323 e. The first-order valence-corrected chi connectivity index (χ1v) is 6.78. The third-order valence-corrected chi connectivity index (χ3v) is 2.91. The second-order valence-corrected chi connectivity index (χ2v) is 4.48. The Labute approximate surface area is 114 Å². The molecule has 0 rings (SSSR count). The molecule has 5 heteroatoms. The number of ether oxygens (including phenoxy) is 2. The van der Waals surface area contributed by atoms with Crippen molar-refractivity contribution in [3.63, 3.8) is 0 Å². The molecule has 0 aromatic carbocycles. The maximum absolute atomic E-state index is 12.1. The zero-order valence-corrected chi connectivity index (χ0v) is 12.3. The lowest BCUT2D eigenvalue weighted by Gasteiger charge is -2.28. The molecule has 0 aromatic heterocycles. The highest BCUT2D eigenvalue weighted by Crippen LogP contribution is 2.33. The molecule has 0 saturated carbocycles. The first kappa shape index (κ1) is 17.6. The van der Waals surface area contributed by atoms with Gasteiger partial charge in [-0.2, -0.15) is 0 Å². The monoisotopic (exact) mass is 272 g/mol. The Bertz CT molecular complexity index is 304. The molecule has 0 bridgehead atoms. The highest BCUT2D eigenvalue weighted by atomic mass is 16.6. The van der Waals surface area contributed by atoms with Crippen LogP contribution in [0.2, 0.25) is 0 Å². The van der Waals surface area contributed by atoms with Crippen LogP contribution in [0.15, 0.2) is 0 Å². The molecule has 0 unspecified atom stereocenters. The fourth-order valence-corrected chi connectivity index (χ4v) is 1.97. The van der Waals surface area contributed by atoms with Crippen molar-refractivity contribution < 1.29 is 23.9 Å². The van der Waals surface area contributed by atoms with Crippen molar-refractivity contribution in [2.45, 2.75) is 53.4 Å². The van der Waals surface area contributed by atoms with Crippen molar-refractivity contribution in [1.29, 1.82) is 0 Å². The molecule has 110 valence electrons. The van der Waals surface area contributed by atoms with Gasteiger partial charge >= 0.3 is 11.9 Å². The van der Waals surface area contributed by atoms with E-state index in [-0.39, 0.29) is 31.8 Å². The minimum atomic E-state index is -1.34. The molecule has 0 fully saturated rings. The number of esters is 2. The van der Waals surface area contributed by atoms with E-state index in [9.17, 15) is 14.4 Å². The van der Waals surface area contributed by atoms with Crippen molar-refractivity contribution >= 4 is 17.7 Å². The summed E-state index contributed by atoms with van der Waals surface area (Å²) in [5, 5.41) is 0. The SMILES string of the molecule is CCCC(CCC(C)=O)(C(=O)OCC)C(=O)OCC. The molecule has 0 aliphatic carbocycles. The smallest absolute Gasteiger partial charge is 0.323 e. The van der Waals surface area contributed by atoms with Gasteiger partial charge in [-0.1, -0.05) is 13.3 Å². The van der Waals surface area contributed by atoms with E-state index in [2.05, 4.69) is 0 Å². The third-order valence-electron chi connectivity index (χ3n) is 2.91. The maximum atomic E-state index is 12.1. The summed E-state index contributed by atoms with van der Waals surface area (Å²) in [6.45, 7) is 7.08. The van der Waals surface area contributed by atoms with Crippen LogP contribution in [0, 0.1) is 5.41 Å². The number of Topliss-reactive ketones (excluding diaryl/α,β-unsaturated/α-hetero) is 1. The van der Waals surface area contributed by atoms with Gasteiger partial charge in [0, 0.05) is 6.42 Å². The van der Waals surface area contributed by atoms with Gasteiger partial charge in [-0.25, -0.2) is 0 Å². The van der Waals surface area contributed by atoms with Crippen LogP contribution in [-0.4, -0.2) is 30.9 Å². The molecule has 0 aliphatic heterocycles. The minimum absolute atomic E-state index is 0.0610. The zero-order valence-electron chi connectivity index (χ0n) is 12.3. The number of carbonyl (C=O) groups is 3. The molecule has 0 amide bonds. The number of hydrogen-bond donors (Lipinski definition) is 0. The van der Waals surface area contributed by atoms with Crippen molar-refractivity contribution in [2.75, 3.05) is 13.2 Å². The largest absolute Gasteiger partial charge is 0.465 e. The van der Waals surface area contributed by atoms with E-state index >= 15 is 0 Å². The van der Waals surface area contributed by atoms with Gasteiger partial charge < -0.3 is 14.3 Å². The molecule has 0 N–H and O–H groups in total. The van der Waals surface area contributed by atoms with Crippen LogP contribution < -0.4 is 0 Å². The lowest BCUT2D eigenvalue weighted by atomic mass is 9.78.